The van der Waals surface area contributed by atoms with E-state index in [0.717, 1.165) is 32.0 Å². The first-order chi connectivity index (χ1) is 15.2. The highest BCUT2D eigenvalue weighted by Gasteiger charge is 2.28. The van der Waals surface area contributed by atoms with Crippen LogP contribution in [0.3, 0.4) is 0 Å². The van der Waals surface area contributed by atoms with Gasteiger partial charge >= 0.3 is 0 Å². The highest BCUT2D eigenvalue weighted by molar-refractivity contribution is 7.89. The Hall–Kier alpha value is -2.01. The fraction of sp³-hybridized carbons (Fsp3) is 0.429. The zero-order valence-electron chi connectivity index (χ0n) is 17.0. The van der Waals surface area contributed by atoms with E-state index in [9.17, 15) is 21.6 Å². The Morgan fingerprint density at radius 1 is 1.06 bits per heavy atom. The number of hydrogen-bond acceptors (Lipinski definition) is 5. The number of nitrogens with zero attached hydrogens (tertiary/aromatic N) is 1. The molecular weight excluding hydrogens is 469 g/mol. The zero-order chi connectivity index (χ0) is 22.9. The molecule has 4 rings (SSSR count). The minimum absolute atomic E-state index is 0.0393. The van der Waals surface area contributed by atoms with Crippen LogP contribution in [-0.2, 0) is 10.0 Å². The maximum atomic E-state index is 13.8. The summed E-state index contributed by atoms with van der Waals surface area (Å²) < 4.78 is 78.9. The molecule has 0 aromatic heterocycles. The molecule has 1 atom stereocenters. The third-order valence-corrected chi connectivity index (χ3v) is 7.32. The van der Waals surface area contributed by atoms with Gasteiger partial charge in [0.25, 0.3) is 0 Å². The summed E-state index contributed by atoms with van der Waals surface area (Å²) in [5.74, 6) is -3.65. The topological polar surface area (TPSA) is 67.9 Å². The minimum atomic E-state index is -4.29. The van der Waals surface area contributed by atoms with E-state index in [4.69, 9.17) is 21.1 Å². The van der Waals surface area contributed by atoms with Crippen LogP contribution in [0.2, 0.25) is 5.02 Å². The second kappa shape index (κ2) is 9.46. The second-order valence-electron chi connectivity index (χ2n) is 7.91. The van der Waals surface area contributed by atoms with E-state index in [1.807, 2.05) is 0 Å². The van der Waals surface area contributed by atoms with Crippen molar-refractivity contribution in [1.82, 2.24) is 9.62 Å². The highest BCUT2D eigenvalue weighted by Crippen LogP contribution is 2.34. The molecule has 1 fully saturated rings. The summed E-state index contributed by atoms with van der Waals surface area (Å²) in [7, 11) is -4.29. The fourth-order valence-corrected chi connectivity index (χ4v) is 5.21. The van der Waals surface area contributed by atoms with Crippen LogP contribution in [0, 0.1) is 23.4 Å². The Kier molecular flexibility index (Phi) is 6.85. The number of hydrogen-bond donors (Lipinski definition) is 1. The van der Waals surface area contributed by atoms with Gasteiger partial charge in [0.2, 0.25) is 10.0 Å². The first kappa shape index (κ1) is 23.2. The predicted octanol–water partition coefficient (Wildman–Crippen LogP) is 3.59. The Morgan fingerprint density at radius 3 is 2.56 bits per heavy atom. The van der Waals surface area contributed by atoms with E-state index in [0.29, 0.717) is 35.7 Å². The SMILES string of the molecule is O=S(=O)(NCC1CCN(C[C@H]2COc3ccc(Cl)cc3O2)CC1)c1ccc(F)c(F)c1F. The number of ether oxygens (including phenoxy) is 2. The second-order valence-corrected chi connectivity index (χ2v) is 10.1. The van der Waals surface area contributed by atoms with Gasteiger partial charge in [-0.2, -0.15) is 0 Å². The minimum Gasteiger partial charge on any atom is -0.486 e. The van der Waals surface area contributed by atoms with Crippen molar-refractivity contribution in [2.75, 3.05) is 32.8 Å². The number of sulfonamides is 1. The van der Waals surface area contributed by atoms with E-state index in [1.54, 1.807) is 18.2 Å². The molecule has 6 nitrogen and oxygen atoms in total. The molecule has 174 valence electrons. The van der Waals surface area contributed by atoms with E-state index in [2.05, 4.69) is 9.62 Å². The summed E-state index contributed by atoms with van der Waals surface area (Å²) in [6.45, 7) is 2.63. The van der Waals surface area contributed by atoms with Crippen molar-refractivity contribution in [3.8, 4) is 11.5 Å². The number of rotatable bonds is 6. The van der Waals surface area contributed by atoms with Gasteiger partial charge < -0.3 is 9.47 Å². The van der Waals surface area contributed by atoms with Crippen LogP contribution in [0.4, 0.5) is 13.2 Å². The molecule has 0 saturated carbocycles. The molecule has 0 unspecified atom stereocenters. The van der Waals surface area contributed by atoms with Crippen molar-refractivity contribution in [2.24, 2.45) is 5.92 Å². The van der Waals surface area contributed by atoms with Crippen LogP contribution in [0.15, 0.2) is 35.2 Å². The molecule has 2 aliphatic heterocycles. The van der Waals surface area contributed by atoms with Gasteiger partial charge in [-0.25, -0.2) is 26.3 Å². The first-order valence-corrected chi connectivity index (χ1v) is 12.0. The average molecular weight is 491 g/mol. The molecule has 11 heteroatoms. The number of likely N-dealkylation sites (tertiary alicyclic amines) is 1. The Morgan fingerprint density at radius 2 is 1.81 bits per heavy atom. The maximum absolute atomic E-state index is 13.8. The van der Waals surface area contributed by atoms with Crippen LogP contribution < -0.4 is 14.2 Å². The average Bonchev–Trinajstić information content (AvgIpc) is 2.76. The Balaban J connectivity index is 1.26. The number of benzene rings is 2. The van der Waals surface area contributed by atoms with Crippen LogP contribution in [0.25, 0.3) is 0 Å². The molecule has 1 N–H and O–H groups in total. The van der Waals surface area contributed by atoms with Gasteiger partial charge in [0, 0.05) is 24.2 Å². The first-order valence-electron chi connectivity index (χ1n) is 10.2. The number of piperidine rings is 1. The molecule has 0 amide bonds. The van der Waals surface area contributed by atoms with Gasteiger partial charge in [0.15, 0.2) is 29.0 Å². The standard InChI is InChI=1S/C21H22ClF3N2O4S/c22-14-1-3-17-18(9-14)31-15(12-30-17)11-27-7-5-13(6-8-27)10-26-32(28,29)19-4-2-16(23)20(24)21(19)25/h1-4,9,13,15,26H,5-8,10-12H2/t15-/m0/s1. The molecule has 1 saturated heterocycles. The van der Waals surface area contributed by atoms with Crippen LogP contribution in [0.5, 0.6) is 11.5 Å². The van der Waals surface area contributed by atoms with Crippen molar-refractivity contribution in [3.63, 3.8) is 0 Å². The summed E-state index contributed by atoms with van der Waals surface area (Å²) >= 11 is 6.01. The van der Waals surface area contributed by atoms with Gasteiger partial charge in [-0.05, 0) is 56.1 Å². The highest BCUT2D eigenvalue weighted by atomic mass is 35.5. The third kappa shape index (κ3) is 5.14. The zero-order valence-corrected chi connectivity index (χ0v) is 18.6. The quantitative estimate of drug-likeness (QED) is 0.627. The Labute approximate surface area is 189 Å². The Bertz CT molecular complexity index is 1090. The number of halogens is 4. The van der Waals surface area contributed by atoms with Crippen molar-refractivity contribution in [3.05, 3.63) is 52.8 Å². The van der Waals surface area contributed by atoms with Crippen LogP contribution in [-0.4, -0.2) is 52.2 Å². The van der Waals surface area contributed by atoms with Crippen LogP contribution in [0.1, 0.15) is 12.8 Å². The summed E-state index contributed by atoms with van der Waals surface area (Å²) in [5.41, 5.74) is 0. The molecule has 2 aromatic carbocycles. The molecule has 2 heterocycles. The predicted molar refractivity (Wildman–Crippen MR) is 112 cm³/mol. The monoisotopic (exact) mass is 490 g/mol. The molecule has 32 heavy (non-hydrogen) atoms. The van der Waals surface area contributed by atoms with Gasteiger partial charge in [0.1, 0.15) is 17.6 Å². The van der Waals surface area contributed by atoms with Gasteiger partial charge in [-0.1, -0.05) is 11.6 Å². The lowest BCUT2D eigenvalue weighted by Gasteiger charge is -2.35. The van der Waals surface area contributed by atoms with Gasteiger partial charge in [0.05, 0.1) is 0 Å². The third-order valence-electron chi connectivity index (χ3n) is 5.64. The summed E-state index contributed by atoms with van der Waals surface area (Å²) in [6, 6.07) is 6.54. The van der Waals surface area contributed by atoms with E-state index in [1.165, 1.54) is 0 Å². The van der Waals surface area contributed by atoms with Crippen molar-refractivity contribution in [2.45, 2.75) is 23.8 Å². The largest absolute Gasteiger partial charge is 0.486 e. The maximum Gasteiger partial charge on any atom is 0.243 e. The molecule has 0 aliphatic carbocycles. The molecule has 0 spiro atoms. The van der Waals surface area contributed by atoms with E-state index >= 15 is 0 Å². The van der Waals surface area contributed by atoms with Gasteiger partial charge in [-0.15, -0.1) is 0 Å². The summed E-state index contributed by atoms with van der Waals surface area (Å²) in [5, 5.41) is 0.569. The fourth-order valence-electron chi connectivity index (χ4n) is 3.86. The lowest BCUT2D eigenvalue weighted by Crippen LogP contribution is -2.45. The number of nitrogens with one attached hydrogen (secondary N) is 1. The van der Waals surface area contributed by atoms with Crippen molar-refractivity contribution < 1.29 is 31.1 Å². The summed E-state index contributed by atoms with van der Waals surface area (Å²) in [4.78, 5) is 1.31. The van der Waals surface area contributed by atoms with Gasteiger partial charge in [-0.3, -0.25) is 4.90 Å². The smallest absolute Gasteiger partial charge is 0.243 e. The molecule has 2 aliphatic rings. The van der Waals surface area contributed by atoms with Crippen LogP contribution >= 0.6 is 11.6 Å². The normalized spacial score (nSPS) is 19.8. The lowest BCUT2D eigenvalue weighted by atomic mass is 9.97. The molecule has 2 aromatic rings. The molecular formula is C21H22ClF3N2O4S. The van der Waals surface area contributed by atoms with Crippen molar-refractivity contribution in [1.29, 1.82) is 0 Å². The molecule has 0 bridgehead atoms. The number of fused-ring (bicyclic) bond motifs is 1. The molecule has 0 radical (unpaired) electrons. The summed E-state index contributed by atoms with van der Waals surface area (Å²) in [6.07, 6.45) is 1.30. The lowest BCUT2D eigenvalue weighted by molar-refractivity contribution is 0.0481. The van der Waals surface area contributed by atoms with E-state index in [-0.39, 0.29) is 18.6 Å². The van der Waals surface area contributed by atoms with E-state index < -0.39 is 32.4 Å². The van der Waals surface area contributed by atoms with Crippen molar-refractivity contribution >= 4 is 21.6 Å².